The largest absolute Gasteiger partial charge is 0.392 e. The Morgan fingerprint density at radius 3 is 2.38 bits per heavy atom. The van der Waals surface area contributed by atoms with E-state index in [1.54, 1.807) is 0 Å². The fourth-order valence-electron chi connectivity index (χ4n) is 4.09. The normalized spacial score (nSPS) is 11.1. The van der Waals surface area contributed by atoms with Gasteiger partial charge in [0, 0.05) is 17.7 Å². The summed E-state index contributed by atoms with van der Waals surface area (Å²) in [5.41, 5.74) is 7.91. The molecule has 0 spiro atoms. The molecule has 2 heterocycles. The molecular formula is C25H26ClN5O. The summed E-state index contributed by atoms with van der Waals surface area (Å²) in [6.45, 7) is 4.02. The monoisotopic (exact) mass is 447 g/mol. The summed E-state index contributed by atoms with van der Waals surface area (Å²) < 4.78 is 0. The first-order valence-corrected chi connectivity index (χ1v) is 11.2. The van der Waals surface area contributed by atoms with Crippen LogP contribution in [0.2, 0.25) is 5.15 Å². The van der Waals surface area contributed by atoms with Crippen molar-refractivity contribution in [3.05, 3.63) is 81.6 Å². The lowest BCUT2D eigenvalue weighted by atomic mass is 9.89. The highest BCUT2D eigenvalue weighted by molar-refractivity contribution is 6.30. The van der Waals surface area contributed by atoms with Crippen molar-refractivity contribution >= 4 is 11.6 Å². The average molecular weight is 448 g/mol. The van der Waals surface area contributed by atoms with Crippen LogP contribution in [0.4, 0.5) is 0 Å². The first kappa shape index (κ1) is 22.1. The summed E-state index contributed by atoms with van der Waals surface area (Å²) >= 11 is 6.41. The minimum absolute atomic E-state index is 0.0653. The van der Waals surface area contributed by atoms with Crippen LogP contribution in [0.25, 0.3) is 22.5 Å². The van der Waals surface area contributed by atoms with Gasteiger partial charge in [0.15, 0.2) is 0 Å². The van der Waals surface area contributed by atoms with Crippen molar-refractivity contribution in [3.63, 3.8) is 0 Å². The van der Waals surface area contributed by atoms with Gasteiger partial charge in [-0.3, -0.25) is 0 Å². The fraction of sp³-hybridized carbons (Fsp3) is 0.280. The van der Waals surface area contributed by atoms with E-state index in [1.165, 1.54) is 0 Å². The lowest BCUT2D eigenvalue weighted by molar-refractivity contribution is 0.279. The first-order valence-electron chi connectivity index (χ1n) is 10.8. The Morgan fingerprint density at radius 1 is 0.969 bits per heavy atom. The summed E-state index contributed by atoms with van der Waals surface area (Å²) in [7, 11) is 0. The molecule has 0 aliphatic heterocycles. The van der Waals surface area contributed by atoms with Crippen LogP contribution in [0.15, 0.2) is 48.5 Å². The molecule has 6 nitrogen and oxygen atoms in total. The van der Waals surface area contributed by atoms with Crippen LogP contribution in [0, 0.1) is 6.92 Å². The van der Waals surface area contributed by atoms with Crippen molar-refractivity contribution in [1.29, 1.82) is 0 Å². The van der Waals surface area contributed by atoms with E-state index in [0.717, 1.165) is 63.9 Å². The van der Waals surface area contributed by atoms with Crippen molar-refractivity contribution in [2.45, 2.75) is 46.1 Å². The van der Waals surface area contributed by atoms with Crippen LogP contribution in [-0.2, 0) is 19.4 Å². The number of tetrazole rings is 1. The first-order chi connectivity index (χ1) is 15.6. The third-order valence-electron chi connectivity index (χ3n) is 5.82. The summed E-state index contributed by atoms with van der Waals surface area (Å²) in [6.07, 6.45) is 3.57. The topological polar surface area (TPSA) is 87.6 Å². The Morgan fingerprint density at radius 2 is 1.69 bits per heavy atom. The van der Waals surface area contributed by atoms with Gasteiger partial charge in [-0.25, -0.2) is 4.98 Å². The molecule has 0 aliphatic rings. The van der Waals surface area contributed by atoms with Gasteiger partial charge in [0.25, 0.3) is 0 Å². The van der Waals surface area contributed by atoms with Gasteiger partial charge in [-0.1, -0.05) is 73.5 Å². The second-order valence-electron chi connectivity index (χ2n) is 7.81. The number of pyridine rings is 1. The molecule has 0 amide bonds. The van der Waals surface area contributed by atoms with Gasteiger partial charge in [-0.15, -0.1) is 10.2 Å². The molecule has 2 aromatic carbocycles. The summed E-state index contributed by atoms with van der Waals surface area (Å²) in [6, 6.07) is 16.3. The summed E-state index contributed by atoms with van der Waals surface area (Å²) in [5, 5.41) is 25.3. The molecule has 0 radical (unpaired) electrons. The number of hydrogen-bond acceptors (Lipinski definition) is 5. The average Bonchev–Trinajstić information content (AvgIpc) is 3.36. The van der Waals surface area contributed by atoms with Gasteiger partial charge in [0.1, 0.15) is 5.15 Å². The smallest absolute Gasteiger partial charge is 0.205 e. The molecule has 32 heavy (non-hydrogen) atoms. The molecule has 2 N–H and O–H groups in total. The second kappa shape index (κ2) is 10.0. The van der Waals surface area contributed by atoms with Gasteiger partial charge < -0.3 is 5.11 Å². The number of H-pyrrole nitrogens is 1. The van der Waals surface area contributed by atoms with Gasteiger partial charge >= 0.3 is 0 Å². The van der Waals surface area contributed by atoms with Crippen LogP contribution in [0.5, 0.6) is 0 Å². The molecule has 7 heteroatoms. The second-order valence-corrected chi connectivity index (χ2v) is 8.17. The van der Waals surface area contributed by atoms with E-state index >= 15 is 0 Å². The molecule has 4 rings (SSSR count). The number of aliphatic hydroxyl groups is 1. The van der Waals surface area contributed by atoms with Crippen LogP contribution in [0.3, 0.4) is 0 Å². The van der Waals surface area contributed by atoms with Crippen molar-refractivity contribution in [3.8, 4) is 22.5 Å². The number of hydrogen-bond donors (Lipinski definition) is 2. The number of nitrogens with one attached hydrogen (secondary N) is 1. The fourth-order valence-corrected chi connectivity index (χ4v) is 4.30. The molecule has 0 atom stereocenters. The Balaban J connectivity index is 1.84. The van der Waals surface area contributed by atoms with E-state index < -0.39 is 0 Å². The minimum atomic E-state index is -0.0653. The quantitative estimate of drug-likeness (QED) is 0.357. The van der Waals surface area contributed by atoms with Gasteiger partial charge in [0.2, 0.25) is 5.82 Å². The molecule has 164 valence electrons. The third kappa shape index (κ3) is 4.42. The maximum atomic E-state index is 10.2. The summed E-state index contributed by atoms with van der Waals surface area (Å²) in [4.78, 5) is 4.70. The number of benzene rings is 2. The minimum Gasteiger partial charge on any atom is -0.392 e. The summed E-state index contributed by atoms with van der Waals surface area (Å²) in [5.74, 6) is 0.555. The molecule has 0 saturated heterocycles. The van der Waals surface area contributed by atoms with E-state index in [2.05, 4.69) is 45.7 Å². The third-order valence-corrected chi connectivity index (χ3v) is 6.19. The molecule has 2 aromatic heterocycles. The number of rotatable bonds is 8. The van der Waals surface area contributed by atoms with Crippen molar-refractivity contribution in [1.82, 2.24) is 25.6 Å². The number of aryl methyl sites for hydroxylation is 1. The van der Waals surface area contributed by atoms with Crippen molar-refractivity contribution < 1.29 is 5.11 Å². The Bertz CT molecular complexity index is 1210. The lowest BCUT2D eigenvalue weighted by Gasteiger charge is -2.19. The van der Waals surface area contributed by atoms with Gasteiger partial charge in [-0.05, 0) is 58.4 Å². The Kier molecular flexibility index (Phi) is 6.93. The van der Waals surface area contributed by atoms with Gasteiger partial charge in [-0.2, -0.15) is 5.21 Å². The highest BCUT2D eigenvalue weighted by Crippen LogP contribution is 2.35. The molecule has 0 fully saturated rings. The number of unbranched alkanes of at least 4 members (excludes halogenated alkanes) is 1. The predicted octanol–water partition coefficient (Wildman–Crippen LogP) is 5.32. The van der Waals surface area contributed by atoms with Crippen LogP contribution < -0.4 is 0 Å². The van der Waals surface area contributed by atoms with E-state index in [9.17, 15) is 5.11 Å². The zero-order valence-electron chi connectivity index (χ0n) is 18.3. The van der Waals surface area contributed by atoms with Crippen molar-refractivity contribution in [2.75, 3.05) is 0 Å². The van der Waals surface area contributed by atoms with Crippen molar-refractivity contribution in [2.24, 2.45) is 0 Å². The SMILES string of the molecule is CCCCc1nc(Cl)c(C)c(CO)c1Cc1ccccc1-c1ccccc1-c1nn[nH]n1. The number of aliphatic hydroxyl groups excluding tert-OH is 1. The molecular weight excluding hydrogens is 422 g/mol. The lowest BCUT2D eigenvalue weighted by Crippen LogP contribution is -2.09. The molecule has 0 saturated carbocycles. The van der Waals surface area contributed by atoms with Gasteiger partial charge in [0.05, 0.1) is 6.61 Å². The van der Waals surface area contributed by atoms with Crippen LogP contribution in [-0.4, -0.2) is 30.7 Å². The number of halogens is 1. The van der Waals surface area contributed by atoms with E-state index in [-0.39, 0.29) is 6.61 Å². The maximum absolute atomic E-state index is 10.2. The molecule has 4 aromatic rings. The maximum Gasteiger partial charge on any atom is 0.205 e. The van der Waals surface area contributed by atoms with Crippen LogP contribution >= 0.6 is 11.6 Å². The van der Waals surface area contributed by atoms with E-state index in [1.807, 2.05) is 37.3 Å². The number of aromatic amines is 1. The molecule has 0 aliphatic carbocycles. The molecule has 0 bridgehead atoms. The molecule has 0 unspecified atom stereocenters. The van der Waals surface area contributed by atoms with E-state index in [4.69, 9.17) is 16.6 Å². The zero-order valence-corrected chi connectivity index (χ0v) is 19.0. The highest BCUT2D eigenvalue weighted by Gasteiger charge is 2.19. The highest BCUT2D eigenvalue weighted by atomic mass is 35.5. The number of aromatic nitrogens is 5. The van der Waals surface area contributed by atoms with E-state index in [0.29, 0.717) is 17.4 Å². The Labute approximate surface area is 192 Å². The predicted molar refractivity (Wildman–Crippen MR) is 126 cm³/mol. The Hall–Kier alpha value is -3.09. The zero-order chi connectivity index (χ0) is 22.5. The van der Waals surface area contributed by atoms with Crippen LogP contribution in [0.1, 0.15) is 47.7 Å². The standard InChI is InChI=1S/C25H26ClN5O/c1-3-4-13-23-21(22(15-32)16(2)24(26)27-23)14-17-9-5-6-10-18(17)19-11-7-8-12-20(19)25-28-30-31-29-25/h5-12,32H,3-4,13-15H2,1-2H3,(H,28,29,30,31). The number of nitrogens with zero attached hydrogens (tertiary/aromatic N) is 4.